The summed E-state index contributed by atoms with van der Waals surface area (Å²) in [4.78, 5) is 1.79. The standard InChI is InChI=1S/C13H18N4.ClH/c1-3-9-17-15-12(10-14-2)13(16-17)11-7-5-4-6-8-11;/h4-8,14H,3,9-10H2,1-2H3;1H. The Hall–Kier alpha value is -1.39. The number of rotatable bonds is 5. The monoisotopic (exact) mass is 266 g/mol. The second-order valence-electron chi connectivity index (χ2n) is 3.99. The Kier molecular flexibility index (Phi) is 5.82. The van der Waals surface area contributed by atoms with Gasteiger partial charge < -0.3 is 5.32 Å². The number of halogens is 1. The van der Waals surface area contributed by atoms with Crippen LogP contribution >= 0.6 is 12.4 Å². The Bertz CT molecular complexity index is 467. The van der Waals surface area contributed by atoms with E-state index in [1.165, 1.54) is 0 Å². The molecule has 98 valence electrons. The Labute approximate surface area is 114 Å². The Morgan fingerprint density at radius 2 is 1.89 bits per heavy atom. The van der Waals surface area contributed by atoms with Crippen molar-refractivity contribution >= 4 is 12.4 Å². The molecule has 4 nitrogen and oxygen atoms in total. The summed E-state index contributed by atoms with van der Waals surface area (Å²) in [7, 11) is 1.92. The number of hydrogen-bond acceptors (Lipinski definition) is 3. The first-order chi connectivity index (χ1) is 8.35. The van der Waals surface area contributed by atoms with E-state index in [4.69, 9.17) is 0 Å². The second kappa shape index (κ2) is 7.13. The average Bonchev–Trinajstić information content (AvgIpc) is 2.74. The molecule has 2 aromatic rings. The zero-order valence-corrected chi connectivity index (χ0v) is 11.6. The zero-order chi connectivity index (χ0) is 12.1. The molecule has 1 heterocycles. The maximum Gasteiger partial charge on any atom is 0.117 e. The lowest BCUT2D eigenvalue weighted by atomic mass is 10.1. The van der Waals surface area contributed by atoms with Gasteiger partial charge in [-0.25, -0.2) is 0 Å². The molecule has 5 heteroatoms. The van der Waals surface area contributed by atoms with Gasteiger partial charge in [-0.1, -0.05) is 37.3 Å². The van der Waals surface area contributed by atoms with Crippen LogP contribution in [0.3, 0.4) is 0 Å². The van der Waals surface area contributed by atoms with Gasteiger partial charge in [0.05, 0.1) is 6.54 Å². The van der Waals surface area contributed by atoms with E-state index in [0.717, 1.165) is 36.5 Å². The lowest BCUT2D eigenvalue weighted by Crippen LogP contribution is -2.07. The number of nitrogens with zero attached hydrogens (tertiary/aromatic N) is 3. The highest BCUT2D eigenvalue weighted by molar-refractivity contribution is 5.85. The van der Waals surface area contributed by atoms with E-state index in [1.807, 2.05) is 25.2 Å². The van der Waals surface area contributed by atoms with Crippen LogP contribution in [0.15, 0.2) is 30.3 Å². The van der Waals surface area contributed by atoms with Gasteiger partial charge in [-0.15, -0.1) is 12.4 Å². The summed E-state index contributed by atoms with van der Waals surface area (Å²) in [6.45, 7) is 3.74. The second-order valence-corrected chi connectivity index (χ2v) is 3.99. The Morgan fingerprint density at radius 1 is 1.17 bits per heavy atom. The van der Waals surface area contributed by atoms with Gasteiger partial charge in [0.25, 0.3) is 0 Å². The van der Waals surface area contributed by atoms with Gasteiger partial charge in [-0.3, -0.25) is 0 Å². The summed E-state index contributed by atoms with van der Waals surface area (Å²) in [5.74, 6) is 0. The molecule has 1 aromatic carbocycles. The molecule has 0 aliphatic rings. The highest BCUT2D eigenvalue weighted by Crippen LogP contribution is 2.19. The van der Waals surface area contributed by atoms with Crippen LogP contribution in [0.5, 0.6) is 0 Å². The van der Waals surface area contributed by atoms with Crippen molar-refractivity contribution in [3.05, 3.63) is 36.0 Å². The number of nitrogens with one attached hydrogen (secondary N) is 1. The van der Waals surface area contributed by atoms with E-state index >= 15 is 0 Å². The summed E-state index contributed by atoms with van der Waals surface area (Å²) in [6.07, 6.45) is 1.04. The molecule has 1 aromatic heterocycles. The van der Waals surface area contributed by atoms with Crippen LogP contribution in [0.1, 0.15) is 19.0 Å². The first-order valence-corrected chi connectivity index (χ1v) is 5.99. The van der Waals surface area contributed by atoms with Crippen LogP contribution < -0.4 is 5.32 Å². The normalized spacial score (nSPS) is 10.1. The summed E-state index contributed by atoms with van der Waals surface area (Å²) >= 11 is 0. The van der Waals surface area contributed by atoms with E-state index in [9.17, 15) is 0 Å². The van der Waals surface area contributed by atoms with E-state index in [0.29, 0.717) is 0 Å². The van der Waals surface area contributed by atoms with Crippen LogP contribution in [-0.2, 0) is 13.1 Å². The lowest BCUT2D eigenvalue weighted by Gasteiger charge is -1.98. The smallest absolute Gasteiger partial charge is 0.117 e. The van der Waals surface area contributed by atoms with Gasteiger partial charge in [0.15, 0.2) is 0 Å². The van der Waals surface area contributed by atoms with Gasteiger partial charge in [0.2, 0.25) is 0 Å². The molecule has 0 amide bonds. The summed E-state index contributed by atoms with van der Waals surface area (Å²) in [5.41, 5.74) is 3.11. The topological polar surface area (TPSA) is 42.7 Å². The highest BCUT2D eigenvalue weighted by Gasteiger charge is 2.11. The van der Waals surface area contributed by atoms with Crippen LogP contribution in [-0.4, -0.2) is 22.0 Å². The van der Waals surface area contributed by atoms with Crippen molar-refractivity contribution in [3.8, 4) is 11.3 Å². The third kappa shape index (κ3) is 3.31. The number of hydrogen-bond donors (Lipinski definition) is 1. The van der Waals surface area contributed by atoms with Gasteiger partial charge in [0, 0.05) is 12.1 Å². The number of aryl methyl sites for hydroxylation is 1. The zero-order valence-electron chi connectivity index (χ0n) is 10.8. The van der Waals surface area contributed by atoms with Crippen LogP contribution in [0, 0.1) is 0 Å². The molecular weight excluding hydrogens is 248 g/mol. The minimum atomic E-state index is 0. The van der Waals surface area contributed by atoms with Crippen molar-refractivity contribution in [2.24, 2.45) is 0 Å². The van der Waals surface area contributed by atoms with Gasteiger partial charge in [-0.2, -0.15) is 15.0 Å². The fraction of sp³-hybridized carbons (Fsp3) is 0.385. The third-order valence-corrected chi connectivity index (χ3v) is 2.54. The molecule has 0 saturated heterocycles. The Morgan fingerprint density at radius 3 is 2.50 bits per heavy atom. The maximum atomic E-state index is 4.55. The predicted molar refractivity (Wildman–Crippen MR) is 75.8 cm³/mol. The van der Waals surface area contributed by atoms with Crippen LogP contribution in [0.2, 0.25) is 0 Å². The lowest BCUT2D eigenvalue weighted by molar-refractivity contribution is 0.523. The molecule has 0 spiro atoms. The van der Waals surface area contributed by atoms with E-state index in [-0.39, 0.29) is 12.4 Å². The fourth-order valence-corrected chi connectivity index (χ4v) is 1.79. The van der Waals surface area contributed by atoms with E-state index in [2.05, 4.69) is 34.6 Å². The Balaban J connectivity index is 0.00000162. The summed E-state index contributed by atoms with van der Waals surface area (Å²) in [6, 6.07) is 10.2. The number of aromatic nitrogens is 3. The predicted octanol–water partition coefficient (Wildman–Crippen LogP) is 2.50. The molecule has 0 aliphatic carbocycles. The van der Waals surface area contributed by atoms with Crippen molar-refractivity contribution in [2.75, 3.05) is 7.05 Å². The molecular formula is C13H19ClN4. The molecule has 0 aliphatic heterocycles. The average molecular weight is 267 g/mol. The minimum absolute atomic E-state index is 0. The summed E-state index contributed by atoms with van der Waals surface area (Å²) in [5, 5.41) is 12.2. The molecule has 0 radical (unpaired) electrons. The molecule has 2 rings (SSSR count). The molecule has 0 bridgehead atoms. The molecule has 0 fully saturated rings. The van der Waals surface area contributed by atoms with Crippen LogP contribution in [0.4, 0.5) is 0 Å². The first-order valence-electron chi connectivity index (χ1n) is 5.99. The van der Waals surface area contributed by atoms with Crippen molar-refractivity contribution in [3.63, 3.8) is 0 Å². The molecule has 0 atom stereocenters. The summed E-state index contributed by atoms with van der Waals surface area (Å²) < 4.78 is 0. The van der Waals surface area contributed by atoms with Crippen molar-refractivity contribution in [2.45, 2.75) is 26.4 Å². The number of benzene rings is 1. The molecule has 1 N–H and O–H groups in total. The van der Waals surface area contributed by atoms with Crippen molar-refractivity contribution < 1.29 is 0 Å². The fourth-order valence-electron chi connectivity index (χ4n) is 1.79. The minimum Gasteiger partial charge on any atom is -0.314 e. The van der Waals surface area contributed by atoms with Crippen molar-refractivity contribution in [1.82, 2.24) is 20.3 Å². The SMILES string of the molecule is CCCn1nc(CNC)c(-c2ccccc2)n1.Cl. The third-order valence-electron chi connectivity index (χ3n) is 2.54. The molecule has 0 saturated carbocycles. The van der Waals surface area contributed by atoms with Gasteiger partial charge in [0.1, 0.15) is 11.4 Å². The largest absolute Gasteiger partial charge is 0.314 e. The van der Waals surface area contributed by atoms with Gasteiger partial charge >= 0.3 is 0 Å². The molecule has 0 unspecified atom stereocenters. The highest BCUT2D eigenvalue weighted by atomic mass is 35.5. The maximum absolute atomic E-state index is 4.55. The quantitative estimate of drug-likeness (QED) is 0.904. The van der Waals surface area contributed by atoms with E-state index in [1.54, 1.807) is 4.80 Å². The van der Waals surface area contributed by atoms with Crippen LogP contribution in [0.25, 0.3) is 11.3 Å². The van der Waals surface area contributed by atoms with E-state index < -0.39 is 0 Å². The van der Waals surface area contributed by atoms with Crippen molar-refractivity contribution in [1.29, 1.82) is 0 Å². The first kappa shape index (κ1) is 14.7. The van der Waals surface area contributed by atoms with Gasteiger partial charge in [-0.05, 0) is 13.5 Å². The molecule has 18 heavy (non-hydrogen) atoms.